The predicted molar refractivity (Wildman–Crippen MR) is 86.4 cm³/mol. The van der Waals surface area contributed by atoms with Crippen molar-refractivity contribution in [3.63, 3.8) is 0 Å². The number of aryl methyl sites for hydroxylation is 1. The summed E-state index contributed by atoms with van der Waals surface area (Å²) in [5, 5.41) is 10.3. The molecule has 6 nitrogen and oxygen atoms in total. The largest absolute Gasteiger partial charge is 0.416 e. The fourth-order valence-corrected chi connectivity index (χ4v) is 2.79. The van der Waals surface area contributed by atoms with Crippen LogP contribution < -0.4 is 10.6 Å². The van der Waals surface area contributed by atoms with Crippen molar-refractivity contribution in [3.05, 3.63) is 47.1 Å². The highest BCUT2D eigenvalue weighted by molar-refractivity contribution is 7.14. The first-order valence-corrected chi connectivity index (χ1v) is 7.84. The Labute approximate surface area is 143 Å². The summed E-state index contributed by atoms with van der Waals surface area (Å²) in [5.41, 5.74) is -0.404. The number of benzene rings is 1. The number of nitrogens with zero attached hydrogens (tertiary/aromatic N) is 2. The van der Waals surface area contributed by atoms with Crippen LogP contribution in [0, 0.1) is 6.92 Å². The molecule has 0 spiro atoms. The van der Waals surface area contributed by atoms with Crippen molar-refractivity contribution < 1.29 is 22.5 Å². The average molecular weight is 368 g/mol. The number of nitrogens with one attached hydrogen (secondary N) is 2. The average Bonchev–Trinajstić information content (AvgIpc) is 3.15. The quantitative estimate of drug-likeness (QED) is 0.698. The number of thiophene rings is 1. The minimum Gasteiger partial charge on any atom is -0.333 e. The molecule has 0 aliphatic heterocycles. The van der Waals surface area contributed by atoms with Gasteiger partial charge in [-0.3, -0.25) is 0 Å². The molecule has 130 valence electrons. The van der Waals surface area contributed by atoms with Crippen LogP contribution in [0.25, 0.3) is 10.8 Å². The topological polar surface area (TPSA) is 80.0 Å². The normalized spacial score (nSPS) is 11.4. The number of anilines is 2. The van der Waals surface area contributed by atoms with Gasteiger partial charge >= 0.3 is 12.2 Å². The molecule has 3 rings (SSSR count). The molecule has 0 fully saturated rings. The summed E-state index contributed by atoms with van der Waals surface area (Å²) in [6, 6.07) is 5.31. The zero-order valence-electron chi connectivity index (χ0n) is 12.7. The summed E-state index contributed by atoms with van der Waals surface area (Å²) < 4.78 is 43.2. The predicted octanol–water partition coefficient (Wildman–Crippen LogP) is 4.77. The highest BCUT2D eigenvalue weighted by atomic mass is 32.1. The number of halogens is 3. The number of carbonyl (C=O) groups is 1. The summed E-state index contributed by atoms with van der Waals surface area (Å²) in [4.78, 5) is 16.7. The van der Waals surface area contributed by atoms with Crippen molar-refractivity contribution in [2.75, 3.05) is 10.6 Å². The van der Waals surface area contributed by atoms with E-state index in [1.807, 2.05) is 0 Å². The molecule has 0 saturated carbocycles. The van der Waals surface area contributed by atoms with Gasteiger partial charge in [-0.15, -0.1) is 11.3 Å². The van der Waals surface area contributed by atoms with Gasteiger partial charge in [0.2, 0.25) is 0 Å². The molecule has 10 heteroatoms. The number of hydrogen-bond donors (Lipinski definition) is 2. The van der Waals surface area contributed by atoms with E-state index in [0.29, 0.717) is 16.4 Å². The number of carbonyl (C=O) groups excluding carboxylic acids is 1. The van der Waals surface area contributed by atoms with E-state index in [2.05, 4.69) is 20.8 Å². The van der Waals surface area contributed by atoms with Crippen LogP contribution in [0.2, 0.25) is 0 Å². The van der Waals surface area contributed by atoms with E-state index in [1.54, 1.807) is 18.4 Å². The van der Waals surface area contributed by atoms with Gasteiger partial charge in [-0.2, -0.15) is 18.2 Å². The second kappa shape index (κ2) is 6.55. The lowest BCUT2D eigenvalue weighted by Crippen LogP contribution is -2.19. The Balaban J connectivity index is 1.73. The first-order chi connectivity index (χ1) is 11.8. The second-order valence-electron chi connectivity index (χ2n) is 4.97. The van der Waals surface area contributed by atoms with Gasteiger partial charge < -0.3 is 15.2 Å². The minimum absolute atomic E-state index is 0.0257. The molecule has 0 aliphatic rings. The maximum Gasteiger partial charge on any atom is 0.416 e. The van der Waals surface area contributed by atoms with Crippen molar-refractivity contribution in [2.24, 2.45) is 0 Å². The Morgan fingerprint density at radius 1 is 1.24 bits per heavy atom. The Bertz CT molecular complexity index is 904. The molecule has 2 N–H and O–H groups in total. The standard InChI is InChI=1S/C15H11F3N4O2S/c1-8-19-13(24-22-8)12-11(5-6-25-12)21-14(23)20-10-4-2-3-9(7-10)15(16,17)18/h2-7H,1H3,(H2,20,21,23). The molecular formula is C15H11F3N4O2S. The zero-order valence-corrected chi connectivity index (χ0v) is 13.5. The highest BCUT2D eigenvalue weighted by Gasteiger charge is 2.30. The lowest BCUT2D eigenvalue weighted by Gasteiger charge is -2.10. The van der Waals surface area contributed by atoms with Crippen LogP contribution in [0.1, 0.15) is 11.4 Å². The summed E-state index contributed by atoms with van der Waals surface area (Å²) in [6.07, 6.45) is -4.48. The molecule has 1 aromatic carbocycles. The van der Waals surface area contributed by atoms with Crippen LogP contribution >= 0.6 is 11.3 Å². The molecule has 2 aromatic heterocycles. The maximum atomic E-state index is 12.7. The van der Waals surface area contributed by atoms with Gasteiger partial charge in [-0.25, -0.2) is 4.79 Å². The molecule has 0 atom stereocenters. The number of alkyl halides is 3. The Morgan fingerprint density at radius 3 is 2.72 bits per heavy atom. The number of urea groups is 1. The SMILES string of the molecule is Cc1noc(-c2sccc2NC(=O)Nc2cccc(C(F)(F)F)c2)n1. The van der Waals surface area contributed by atoms with Crippen LogP contribution in [-0.4, -0.2) is 16.2 Å². The summed E-state index contributed by atoms with van der Waals surface area (Å²) in [6.45, 7) is 1.66. The molecule has 0 radical (unpaired) electrons. The Morgan fingerprint density at radius 2 is 2.04 bits per heavy atom. The molecule has 0 aliphatic carbocycles. The van der Waals surface area contributed by atoms with Gasteiger partial charge in [-0.05, 0) is 36.6 Å². The van der Waals surface area contributed by atoms with Gasteiger partial charge in [0.25, 0.3) is 5.89 Å². The molecule has 2 heterocycles. The van der Waals surface area contributed by atoms with Crippen molar-refractivity contribution in [2.45, 2.75) is 13.1 Å². The van der Waals surface area contributed by atoms with E-state index in [-0.39, 0.29) is 11.6 Å². The number of rotatable bonds is 3. The van der Waals surface area contributed by atoms with Crippen molar-refractivity contribution in [3.8, 4) is 10.8 Å². The molecule has 0 saturated heterocycles. The smallest absolute Gasteiger partial charge is 0.333 e. The molecule has 0 unspecified atom stereocenters. The molecular weight excluding hydrogens is 357 g/mol. The second-order valence-corrected chi connectivity index (χ2v) is 5.88. The Hall–Kier alpha value is -2.88. The number of aromatic nitrogens is 2. The van der Waals surface area contributed by atoms with E-state index in [0.717, 1.165) is 12.1 Å². The van der Waals surface area contributed by atoms with E-state index in [9.17, 15) is 18.0 Å². The third-order valence-electron chi connectivity index (χ3n) is 3.08. The monoisotopic (exact) mass is 368 g/mol. The van der Waals surface area contributed by atoms with Crippen LogP contribution in [0.4, 0.5) is 29.3 Å². The van der Waals surface area contributed by atoms with Gasteiger partial charge in [-0.1, -0.05) is 11.2 Å². The van der Waals surface area contributed by atoms with Crippen LogP contribution in [0.15, 0.2) is 40.2 Å². The van der Waals surface area contributed by atoms with Crippen LogP contribution in [0.5, 0.6) is 0 Å². The van der Waals surface area contributed by atoms with Gasteiger partial charge in [0.1, 0.15) is 4.88 Å². The molecule has 0 bridgehead atoms. The molecule has 3 aromatic rings. The van der Waals surface area contributed by atoms with Gasteiger partial charge in [0, 0.05) is 5.69 Å². The fourth-order valence-electron chi connectivity index (χ4n) is 2.02. The van der Waals surface area contributed by atoms with Crippen molar-refractivity contribution in [1.82, 2.24) is 10.1 Å². The van der Waals surface area contributed by atoms with Crippen molar-refractivity contribution >= 4 is 28.7 Å². The van der Waals surface area contributed by atoms with E-state index >= 15 is 0 Å². The van der Waals surface area contributed by atoms with E-state index in [1.165, 1.54) is 23.5 Å². The minimum atomic E-state index is -4.48. The first kappa shape index (κ1) is 17.0. The van der Waals surface area contributed by atoms with Crippen molar-refractivity contribution in [1.29, 1.82) is 0 Å². The van der Waals surface area contributed by atoms with Gasteiger partial charge in [0.05, 0.1) is 11.3 Å². The van der Waals surface area contributed by atoms with Gasteiger partial charge in [0.15, 0.2) is 5.82 Å². The first-order valence-electron chi connectivity index (χ1n) is 6.96. The Kier molecular flexibility index (Phi) is 4.45. The van der Waals surface area contributed by atoms with E-state index in [4.69, 9.17) is 4.52 Å². The lowest BCUT2D eigenvalue weighted by molar-refractivity contribution is -0.137. The summed E-state index contributed by atoms with van der Waals surface area (Å²) in [5.74, 6) is 0.699. The molecule has 2 amide bonds. The summed E-state index contributed by atoms with van der Waals surface area (Å²) in [7, 11) is 0. The fraction of sp³-hybridized carbons (Fsp3) is 0.133. The molecule has 25 heavy (non-hydrogen) atoms. The lowest BCUT2D eigenvalue weighted by atomic mass is 10.2. The van der Waals surface area contributed by atoms with Crippen LogP contribution in [0.3, 0.4) is 0 Å². The maximum absolute atomic E-state index is 12.7. The highest BCUT2D eigenvalue weighted by Crippen LogP contribution is 2.33. The number of hydrogen-bond acceptors (Lipinski definition) is 5. The summed E-state index contributed by atoms with van der Waals surface area (Å²) >= 11 is 1.28. The van der Waals surface area contributed by atoms with Crippen LogP contribution in [-0.2, 0) is 6.18 Å². The number of amides is 2. The van der Waals surface area contributed by atoms with E-state index < -0.39 is 17.8 Å². The third kappa shape index (κ3) is 3.97. The zero-order chi connectivity index (χ0) is 18.0. The third-order valence-corrected chi connectivity index (χ3v) is 3.99.